The maximum Gasteiger partial charge on any atom is 1.00 e. The first-order valence-electron chi connectivity index (χ1n) is 6.32. The fourth-order valence-electron chi connectivity index (χ4n) is 2.00. The molecule has 0 atom stereocenters. The Bertz CT molecular complexity index is 431. The molecule has 0 nitrogen and oxygen atoms in total. The second-order valence-corrected chi connectivity index (χ2v) is 4.36. The van der Waals surface area contributed by atoms with Gasteiger partial charge in [0.2, 0.25) is 0 Å². The SMILES string of the molecule is C[CH-]CCCc1ccc(-c2ccccc2)cc1.[K+]. The Morgan fingerprint density at radius 3 is 2.06 bits per heavy atom. The van der Waals surface area contributed by atoms with E-state index < -0.39 is 0 Å². The van der Waals surface area contributed by atoms with Crippen molar-refractivity contribution in [3.8, 4) is 11.1 Å². The van der Waals surface area contributed by atoms with Crippen LogP contribution >= 0.6 is 0 Å². The minimum Gasteiger partial charge on any atom is -0.331 e. The third-order valence-electron chi connectivity index (χ3n) is 3.02. The topological polar surface area (TPSA) is 0 Å². The molecule has 0 aliphatic carbocycles. The fourth-order valence-corrected chi connectivity index (χ4v) is 2.00. The van der Waals surface area contributed by atoms with Gasteiger partial charge in [-0.1, -0.05) is 61.0 Å². The Kier molecular flexibility index (Phi) is 8.12. The van der Waals surface area contributed by atoms with Crippen molar-refractivity contribution in [3.63, 3.8) is 0 Å². The smallest absolute Gasteiger partial charge is 0.331 e. The van der Waals surface area contributed by atoms with Gasteiger partial charge in [0.05, 0.1) is 0 Å². The van der Waals surface area contributed by atoms with Crippen molar-refractivity contribution >= 4 is 0 Å². The van der Waals surface area contributed by atoms with Gasteiger partial charge in [0.1, 0.15) is 0 Å². The van der Waals surface area contributed by atoms with E-state index >= 15 is 0 Å². The Morgan fingerprint density at radius 1 is 0.833 bits per heavy atom. The van der Waals surface area contributed by atoms with Gasteiger partial charge < -0.3 is 6.42 Å². The van der Waals surface area contributed by atoms with E-state index in [0.717, 1.165) is 0 Å². The second kappa shape index (κ2) is 9.06. The van der Waals surface area contributed by atoms with Crippen LogP contribution in [0, 0.1) is 6.42 Å². The molecule has 0 saturated carbocycles. The summed E-state index contributed by atoms with van der Waals surface area (Å²) in [6, 6.07) is 19.5. The molecule has 0 amide bonds. The van der Waals surface area contributed by atoms with E-state index in [9.17, 15) is 0 Å². The van der Waals surface area contributed by atoms with Crippen LogP contribution in [0.5, 0.6) is 0 Å². The number of unbranched alkanes of at least 4 members (excludes halogenated alkanes) is 2. The molecule has 0 N–H and O–H groups in total. The van der Waals surface area contributed by atoms with Gasteiger partial charge in [0, 0.05) is 0 Å². The molecular formula is C17H19K. The molecule has 2 aromatic rings. The molecular weight excluding hydrogens is 243 g/mol. The predicted molar refractivity (Wildman–Crippen MR) is 74.8 cm³/mol. The molecule has 0 radical (unpaired) electrons. The van der Waals surface area contributed by atoms with E-state index in [1.54, 1.807) is 0 Å². The molecule has 0 aliphatic rings. The van der Waals surface area contributed by atoms with Crippen LogP contribution in [-0.4, -0.2) is 0 Å². The number of rotatable bonds is 5. The number of aryl methyl sites for hydroxylation is 1. The van der Waals surface area contributed by atoms with Crippen LogP contribution in [0.2, 0.25) is 0 Å². The molecule has 0 saturated heterocycles. The Balaban J connectivity index is 0.00000162. The first-order chi connectivity index (χ1) is 8.40. The molecule has 0 aliphatic heterocycles. The van der Waals surface area contributed by atoms with E-state index in [1.807, 2.05) is 0 Å². The van der Waals surface area contributed by atoms with E-state index in [0.29, 0.717) is 0 Å². The van der Waals surface area contributed by atoms with Gasteiger partial charge in [-0.2, -0.15) is 13.3 Å². The zero-order valence-corrected chi connectivity index (χ0v) is 14.5. The van der Waals surface area contributed by atoms with Crippen LogP contribution < -0.4 is 51.4 Å². The molecule has 0 heterocycles. The zero-order valence-electron chi connectivity index (χ0n) is 11.4. The summed E-state index contributed by atoms with van der Waals surface area (Å²) in [5, 5.41) is 0. The minimum absolute atomic E-state index is 0. The van der Waals surface area contributed by atoms with Crippen molar-refractivity contribution in [1.82, 2.24) is 0 Å². The predicted octanol–water partition coefficient (Wildman–Crippen LogP) is 1.90. The van der Waals surface area contributed by atoms with Crippen LogP contribution in [0.3, 0.4) is 0 Å². The average molecular weight is 262 g/mol. The summed E-state index contributed by atoms with van der Waals surface area (Å²) in [4.78, 5) is 0. The Labute approximate surface area is 153 Å². The van der Waals surface area contributed by atoms with Gasteiger partial charge in [0.15, 0.2) is 0 Å². The fraction of sp³-hybridized carbons (Fsp3) is 0.235. The first-order valence-corrected chi connectivity index (χ1v) is 6.32. The number of benzene rings is 2. The summed E-state index contributed by atoms with van der Waals surface area (Å²) in [6.07, 6.45) is 5.87. The van der Waals surface area contributed by atoms with Crippen molar-refractivity contribution in [1.29, 1.82) is 0 Å². The second-order valence-electron chi connectivity index (χ2n) is 4.36. The van der Waals surface area contributed by atoms with Crippen molar-refractivity contribution in [2.75, 3.05) is 0 Å². The summed E-state index contributed by atoms with van der Waals surface area (Å²) in [5.41, 5.74) is 4.03. The summed E-state index contributed by atoms with van der Waals surface area (Å²) in [7, 11) is 0. The first kappa shape index (κ1) is 16.1. The molecule has 2 rings (SSSR count). The van der Waals surface area contributed by atoms with Crippen LogP contribution in [0.25, 0.3) is 11.1 Å². The maximum atomic E-state index is 2.25. The third-order valence-corrected chi connectivity index (χ3v) is 3.02. The monoisotopic (exact) mass is 262 g/mol. The van der Waals surface area contributed by atoms with Crippen LogP contribution in [-0.2, 0) is 6.42 Å². The molecule has 0 bridgehead atoms. The van der Waals surface area contributed by atoms with E-state index in [1.165, 1.54) is 36.0 Å². The van der Waals surface area contributed by atoms with Gasteiger partial charge in [-0.25, -0.2) is 0 Å². The number of hydrogen-bond acceptors (Lipinski definition) is 0. The van der Waals surface area contributed by atoms with Gasteiger partial charge in [0.25, 0.3) is 0 Å². The van der Waals surface area contributed by atoms with Gasteiger partial charge in [-0.3, -0.25) is 0 Å². The molecule has 0 fully saturated rings. The third kappa shape index (κ3) is 4.98. The number of hydrogen-bond donors (Lipinski definition) is 0. The normalized spacial score (nSPS) is 9.83. The largest absolute Gasteiger partial charge is 1.00 e. The molecule has 88 valence electrons. The van der Waals surface area contributed by atoms with Crippen molar-refractivity contribution in [3.05, 3.63) is 66.6 Å². The summed E-state index contributed by atoms with van der Waals surface area (Å²) >= 11 is 0. The average Bonchev–Trinajstić information content (AvgIpc) is 2.41. The van der Waals surface area contributed by atoms with Crippen LogP contribution in [0.15, 0.2) is 54.6 Å². The van der Waals surface area contributed by atoms with E-state index in [4.69, 9.17) is 0 Å². The van der Waals surface area contributed by atoms with Crippen molar-refractivity contribution in [2.45, 2.75) is 26.2 Å². The van der Waals surface area contributed by atoms with Crippen molar-refractivity contribution in [2.24, 2.45) is 0 Å². The summed E-state index contributed by atoms with van der Waals surface area (Å²) in [5.74, 6) is 0. The maximum absolute atomic E-state index is 2.25. The Morgan fingerprint density at radius 2 is 1.44 bits per heavy atom. The van der Waals surface area contributed by atoms with E-state index in [2.05, 4.69) is 67.9 Å². The molecule has 0 spiro atoms. The van der Waals surface area contributed by atoms with Crippen molar-refractivity contribution < 1.29 is 51.4 Å². The minimum atomic E-state index is 0. The van der Waals surface area contributed by atoms with Crippen LogP contribution in [0.1, 0.15) is 25.3 Å². The van der Waals surface area contributed by atoms with E-state index in [-0.39, 0.29) is 51.4 Å². The quantitative estimate of drug-likeness (QED) is 0.439. The summed E-state index contributed by atoms with van der Waals surface area (Å²) < 4.78 is 0. The van der Waals surface area contributed by atoms with Crippen LogP contribution in [0.4, 0.5) is 0 Å². The standard InChI is InChI=1S/C17H19.K/c1-2-3-5-8-15-11-13-17(14-12-15)16-9-6-4-7-10-16;/h2,4,6-7,9-14H,3,5,8H2,1H3;/q-1;+1. The molecule has 0 unspecified atom stereocenters. The molecule has 0 aromatic heterocycles. The van der Waals surface area contributed by atoms with Gasteiger partial charge in [-0.15, -0.1) is 0 Å². The Hall–Kier alpha value is 0.0764. The van der Waals surface area contributed by atoms with Gasteiger partial charge in [-0.05, 0) is 23.1 Å². The molecule has 18 heavy (non-hydrogen) atoms. The molecule has 2 aromatic carbocycles. The summed E-state index contributed by atoms with van der Waals surface area (Å²) in [6.45, 7) is 2.12. The molecule has 1 heteroatoms. The zero-order chi connectivity index (χ0) is 11.9. The van der Waals surface area contributed by atoms with Gasteiger partial charge >= 0.3 is 51.4 Å².